The summed E-state index contributed by atoms with van der Waals surface area (Å²) in [6.45, 7) is 0. The van der Waals surface area contributed by atoms with Gasteiger partial charge in [0.15, 0.2) is 0 Å². The molecule has 1 aliphatic rings. The first-order chi connectivity index (χ1) is 8.16. The Balaban J connectivity index is 2.14. The average molecular weight is 254 g/mol. The van der Waals surface area contributed by atoms with E-state index in [9.17, 15) is 0 Å². The van der Waals surface area contributed by atoms with Gasteiger partial charge >= 0.3 is 0 Å². The van der Waals surface area contributed by atoms with E-state index < -0.39 is 0 Å². The molecule has 0 saturated heterocycles. The second-order valence-corrected chi connectivity index (χ2v) is 5.22. The van der Waals surface area contributed by atoms with Gasteiger partial charge in [0.05, 0.1) is 0 Å². The number of nitrogens with zero attached hydrogens (tertiary/aromatic N) is 2. The molecule has 3 nitrogen and oxygen atoms in total. The Morgan fingerprint density at radius 1 is 1.24 bits per heavy atom. The summed E-state index contributed by atoms with van der Waals surface area (Å²) in [5, 5.41) is 0.473. The van der Waals surface area contributed by atoms with Crippen LogP contribution >= 0.6 is 11.6 Å². The molecule has 0 aromatic carbocycles. The van der Waals surface area contributed by atoms with Crippen LogP contribution in [0.1, 0.15) is 38.5 Å². The van der Waals surface area contributed by atoms with Crippen molar-refractivity contribution in [2.75, 3.05) is 17.7 Å². The largest absolute Gasteiger partial charge is 0.399 e. The molecule has 94 valence electrons. The molecular weight excluding hydrogens is 234 g/mol. The van der Waals surface area contributed by atoms with E-state index in [-0.39, 0.29) is 0 Å². The fourth-order valence-corrected chi connectivity index (χ4v) is 2.73. The van der Waals surface area contributed by atoms with Crippen molar-refractivity contribution in [3.05, 3.63) is 17.3 Å². The average Bonchev–Trinajstić information content (AvgIpc) is 2.55. The van der Waals surface area contributed by atoms with E-state index in [0.29, 0.717) is 16.9 Å². The third-order valence-corrected chi connectivity index (χ3v) is 3.73. The van der Waals surface area contributed by atoms with Gasteiger partial charge in [0.1, 0.15) is 11.0 Å². The molecule has 1 fully saturated rings. The molecule has 1 aromatic heterocycles. The number of aromatic nitrogens is 1. The van der Waals surface area contributed by atoms with Gasteiger partial charge < -0.3 is 10.6 Å². The Labute approximate surface area is 108 Å². The standard InChI is InChI=1S/C13H20ClN3/c1-17(11-6-4-2-3-5-7-11)13-9-10(15)8-12(14)16-13/h8-9,11H,2-7H2,1H3,(H2,15,16). The van der Waals surface area contributed by atoms with Gasteiger partial charge in [0.25, 0.3) is 0 Å². The second kappa shape index (κ2) is 5.58. The minimum absolute atomic E-state index is 0.473. The fourth-order valence-electron chi connectivity index (χ4n) is 2.52. The van der Waals surface area contributed by atoms with Crippen molar-refractivity contribution < 1.29 is 0 Å². The topological polar surface area (TPSA) is 42.1 Å². The van der Waals surface area contributed by atoms with Crippen LogP contribution in [0.2, 0.25) is 5.15 Å². The molecule has 2 rings (SSSR count). The number of nitrogen functional groups attached to an aromatic ring is 1. The van der Waals surface area contributed by atoms with E-state index in [0.717, 1.165) is 5.82 Å². The van der Waals surface area contributed by atoms with Crippen molar-refractivity contribution in [1.29, 1.82) is 0 Å². The van der Waals surface area contributed by atoms with Gasteiger partial charge in [-0.3, -0.25) is 0 Å². The van der Waals surface area contributed by atoms with Gasteiger partial charge in [0.2, 0.25) is 0 Å². The number of nitrogens with two attached hydrogens (primary N) is 1. The number of hydrogen-bond donors (Lipinski definition) is 1. The first-order valence-electron chi connectivity index (χ1n) is 6.33. The van der Waals surface area contributed by atoms with Crippen molar-refractivity contribution in [3.63, 3.8) is 0 Å². The van der Waals surface area contributed by atoms with Crippen LogP contribution in [0.4, 0.5) is 11.5 Å². The molecular formula is C13H20ClN3. The maximum atomic E-state index is 5.95. The predicted octanol–water partition coefficient (Wildman–Crippen LogP) is 3.48. The van der Waals surface area contributed by atoms with Crippen LogP contribution in [0.5, 0.6) is 0 Å². The highest BCUT2D eigenvalue weighted by molar-refractivity contribution is 6.29. The summed E-state index contributed by atoms with van der Waals surface area (Å²) in [6.07, 6.45) is 7.82. The van der Waals surface area contributed by atoms with Crippen LogP contribution in [-0.2, 0) is 0 Å². The van der Waals surface area contributed by atoms with Crippen LogP contribution in [0.25, 0.3) is 0 Å². The molecule has 0 amide bonds. The van der Waals surface area contributed by atoms with Gasteiger partial charge in [-0.25, -0.2) is 4.98 Å². The highest BCUT2D eigenvalue weighted by atomic mass is 35.5. The molecule has 17 heavy (non-hydrogen) atoms. The van der Waals surface area contributed by atoms with Crippen molar-refractivity contribution in [2.45, 2.75) is 44.6 Å². The summed E-state index contributed by atoms with van der Waals surface area (Å²) in [4.78, 5) is 6.58. The molecule has 0 radical (unpaired) electrons. The molecule has 0 spiro atoms. The zero-order valence-corrected chi connectivity index (χ0v) is 11.1. The minimum Gasteiger partial charge on any atom is -0.399 e. The number of halogens is 1. The molecule has 0 aliphatic heterocycles. The monoisotopic (exact) mass is 253 g/mol. The molecule has 1 aliphatic carbocycles. The molecule has 0 atom stereocenters. The van der Waals surface area contributed by atoms with E-state index in [4.69, 9.17) is 17.3 Å². The summed E-state index contributed by atoms with van der Waals surface area (Å²) >= 11 is 5.95. The summed E-state index contributed by atoms with van der Waals surface area (Å²) < 4.78 is 0. The normalized spacial score (nSPS) is 17.8. The number of hydrogen-bond acceptors (Lipinski definition) is 3. The Morgan fingerprint density at radius 2 is 1.88 bits per heavy atom. The molecule has 4 heteroatoms. The zero-order valence-electron chi connectivity index (χ0n) is 10.3. The Kier molecular flexibility index (Phi) is 4.11. The molecule has 0 bridgehead atoms. The maximum Gasteiger partial charge on any atom is 0.133 e. The van der Waals surface area contributed by atoms with Crippen molar-refractivity contribution in [3.8, 4) is 0 Å². The van der Waals surface area contributed by atoms with Gasteiger partial charge in [0, 0.05) is 24.8 Å². The van der Waals surface area contributed by atoms with E-state index >= 15 is 0 Å². The lowest BCUT2D eigenvalue weighted by Gasteiger charge is -2.28. The lowest BCUT2D eigenvalue weighted by atomic mass is 10.1. The number of rotatable bonds is 2. The van der Waals surface area contributed by atoms with Crippen molar-refractivity contribution in [2.24, 2.45) is 0 Å². The van der Waals surface area contributed by atoms with E-state index in [1.807, 2.05) is 6.07 Å². The lowest BCUT2D eigenvalue weighted by molar-refractivity contribution is 0.549. The summed E-state index contributed by atoms with van der Waals surface area (Å²) in [6, 6.07) is 4.16. The van der Waals surface area contributed by atoms with E-state index in [1.165, 1.54) is 38.5 Å². The fraction of sp³-hybridized carbons (Fsp3) is 0.615. The Bertz CT molecular complexity index is 353. The minimum atomic E-state index is 0.473. The Hall–Kier alpha value is -0.960. The van der Waals surface area contributed by atoms with Gasteiger partial charge in [-0.05, 0) is 18.9 Å². The smallest absolute Gasteiger partial charge is 0.133 e. The van der Waals surface area contributed by atoms with Crippen molar-refractivity contribution >= 4 is 23.1 Å². The third kappa shape index (κ3) is 3.25. The highest BCUT2D eigenvalue weighted by Gasteiger charge is 2.18. The van der Waals surface area contributed by atoms with E-state index in [1.54, 1.807) is 6.07 Å². The highest BCUT2D eigenvalue weighted by Crippen LogP contribution is 2.26. The van der Waals surface area contributed by atoms with Gasteiger partial charge in [-0.15, -0.1) is 0 Å². The summed E-state index contributed by atoms with van der Waals surface area (Å²) in [5.41, 5.74) is 6.49. The first kappa shape index (κ1) is 12.5. The van der Waals surface area contributed by atoms with Crippen LogP contribution in [0, 0.1) is 0 Å². The second-order valence-electron chi connectivity index (χ2n) is 4.84. The van der Waals surface area contributed by atoms with E-state index in [2.05, 4.69) is 16.9 Å². The Morgan fingerprint density at radius 3 is 2.47 bits per heavy atom. The third-order valence-electron chi connectivity index (χ3n) is 3.54. The number of pyridine rings is 1. The quantitative estimate of drug-likeness (QED) is 0.648. The lowest BCUT2D eigenvalue weighted by Crippen LogP contribution is -2.31. The van der Waals surface area contributed by atoms with Crippen molar-refractivity contribution in [1.82, 2.24) is 4.98 Å². The van der Waals surface area contributed by atoms with Gasteiger partial charge in [-0.1, -0.05) is 37.3 Å². The first-order valence-corrected chi connectivity index (χ1v) is 6.70. The SMILES string of the molecule is CN(c1cc(N)cc(Cl)n1)C1CCCCCC1. The van der Waals surface area contributed by atoms with Crippen LogP contribution in [-0.4, -0.2) is 18.1 Å². The molecule has 1 saturated carbocycles. The zero-order chi connectivity index (χ0) is 12.3. The molecule has 1 aromatic rings. The summed E-state index contributed by atoms with van der Waals surface area (Å²) in [5.74, 6) is 0.891. The number of anilines is 2. The molecule has 0 unspecified atom stereocenters. The maximum absolute atomic E-state index is 5.95. The molecule has 1 heterocycles. The summed E-state index contributed by atoms with van der Waals surface area (Å²) in [7, 11) is 2.09. The van der Waals surface area contributed by atoms with Crippen LogP contribution in [0.3, 0.4) is 0 Å². The van der Waals surface area contributed by atoms with Gasteiger partial charge in [-0.2, -0.15) is 0 Å². The predicted molar refractivity (Wildman–Crippen MR) is 73.6 cm³/mol. The molecule has 2 N–H and O–H groups in total. The van der Waals surface area contributed by atoms with Crippen LogP contribution < -0.4 is 10.6 Å². The van der Waals surface area contributed by atoms with Crippen LogP contribution in [0.15, 0.2) is 12.1 Å².